The lowest BCUT2D eigenvalue weighted by atomic mass is 9.93. The maximum absolute atomic E-state index is 12.6. The van der Waals surface area contributed by atoms with Crippen molar-refractivity contribution < 1.29 is 14.3 Å². The number of carbonyl (C=O) groups excluding carboxylic acids is 2. The van der Waals surface area contributed by atoms with Gasteiger partial charge in [-0.15, -0.1) is 0 Å². The fourth-order valence-electron chi connectivity index (χ4n) is 3.56. The van der Waals surface area contributed by atoms with Crippen molar-refractivity contribution in [3.63, 3.8) is 0 Å². The molecule has 0 spiro atoms. The van der Waals surface area contributed by atoms with Crippen molar-refractivity contribution in [1.29, 1.82) is 0 Å². The van der Waals surface area contributed by atoms with E-state index in [9.17, 15) is 9.59 Å². The third-order valence-electron chi connectivity index (χ3n) is 5.16. The van der Waals surface area contributed by atoms with Gasteiger partial charge in [0.05, 0.1) is 0 Å². The predicted octanol–water partition coefficient (Wildman–Crippen LogP) is 6.49. The zero-order valence-electron chi connectivity index (χ0n) is 18.5. The molecular formula is C26H24N2O3S. The van der Waals surface area contributed by atoms with Crippen molar-refractivity contribution in [2.45, 2.75) is 4.90 Å². The molecule has 0 aliphatic heterocycles. The number of hydrogen-bond acceptors (Lipinski definition) is 4. The zero-order valence-corrected chi connectivity index (χ0v) is 19.3. The third-order valence-corrected chi connectivity index (χ3v) is 6.26. The van der Waals surface area contributed by atoms with Crippen LogP contribution < -0.4 is 4.74 Å². The van der Waals surface area contributed by atoms with Gasteiger partial charge in [-0.25, -0.2) is 4.79 Å². The smallest absolute Gasteiger partial charge is 0.410 e. The fraction of sp³-hybridized carbons (Fsp3) is 0.154. The second-order valence-corrected chi connectivity index (χ2v) is 8.84. The van der Waals surface area contributed by atoms with Gasteiger partial charge in [0, 0.05) is 44.2 Å². The Kier molecular flexibility index (Phi) is 6.06. The second kappa shape index (κ2) is 8.93. The Balaban J connectivity index is 2.07. The van der Waals surface area contributed by atoms with Crippen molar-refractivity contribution in [3.8, 4) is 16.9 Å². The molecule has 0 saturated heterocycles. The van der Waals surface area contributed by atoms with E-state index in [1.54, 1.807) is 33.1 Å². The lowest BCUT2D eigenvalue weighted by molar-refractivity contribution is 0.172. The number of ether oxygens (including phenoxy) is 1. The highest BCUT2D eigenvalue weighted by Crippen LogP contribution is 2.45. The zero-order chi connectivity index (χ0) is 22.8. The molecule has 0 N–H and O–H groups in total. The number of nitrogens with zero attached hydrogens (tertiary/aromatic N) is 2. The summed E-state index contributed by atoms with van der Waals surface area (Å²) in [5.41, 5.74) is 1.67. The van der Waals surface area contributed by atoms with E-state index in [1.165, 1.54) is 16.7 Å². The minimum Gasteiger partial charge on any atom is -0.410 e. The Hall–Kier alpha value is -3.51. The van der Waals surface area contributed by atoms with Crippen LogP contribution in [0.3, 0.4) is 0 Å². The largest absolute Gasteiger partial charge is 0.414 e. The van der Waals surface area contributed by atoms with Gasteiger partial charge < -0.3 is 14.5 Å². The molecule has 6 heteroatoms. The number of benzene rings is 4. The monoisotopic (exact) mass is 444 g/mol. The number of carbonyl (C=O) groups is 2. The quantitative estimate of drug-likeness (QED) is 0.339. The lowest BCUT2D eigenvalue weighted by Gasteiger charge is -2.20. The molecule has 0 bridgehead atoms. The summed E-state index contributed by atoms with van der Waals surface area (Å²) in [5, 5.41) is 3.93. The van der Waals surface area contributed by atoms with Gasteiger partial charge in [0.1, 0.15) is 5.75 Å². The minimum absolute atomic E-state index is 0.0754. The highest BCUT2D eigenvalue weighted by molar-refractivity contribution is 8.13. The molecule has 0 unspecified atom stereocenters. The molecule has 0 saturated carbocycles. The van der Waals surface area contributed by atoms with Crippen molar-refractivity contribution in [3.05, 3.63) is 72.8 Å². The lowest BCUT2D eigenvalue weighted by Crippen LogP contribution is -2.25. The van der Waals surface area contributed by atoms with E-state index >= 15 is 0 Å². The molecule has 0 radical (unpaired) electrons. The first kappa shape index (κ1) is 21.7. The average molecular weight is 445 g/mol. The molecule has 4 aromatic carbocycles. The van der Waals surface area contributed by atoms with Crippen molar-refractivity contribution in [2.75, 3.05) is 28.2 Å². The van der Waals surface area contributed by atoms with Crippen molar-refractivity contribution in [1.82, 2.24) is 9.80 Å². The van der Waals surface area contributed by atoms with E-state index in [0.717, 1.165) is 37.6 Å². The van der Waals surface area contributed by atoms with E-state index in [0.29, 0.717) is 5.75 Å². The molecule has 0 aliphatic rings. The first-order valence-corrected chi connectivity index (χ1v) is 11.0. The van der Waals surface area contributed by atoms with Gasteiger partial charge in [0.15, 0.2) is 0 Å². The van der Waals surface area contributed by atoms with Crippen LogP contribution in [-0.4, -0.2) is 49.3 Å². The molecule has 32 heavy (non-hydrogen) atoms. The van der Waals surface area contributed by atoms with Crippen LogP contribution in [-0.2, 0) is 0 Å². The Bertz CT molecular complexity index is 1230. The van der Waals surface area contributed by atoms with Crippen molar-refractivity contribution >= 4 is 44.6 Å². The van der Waals surface area contributed by atoms with Gasteiger partial charge in [0.2, 0.25) is 0 Å². The van der Waals surface area contributed by atoms with Crippen LogP contribution in [0.5, 0.6) is 5.75 Å². The van der Waals surface area contributed by atoms with Crippen LogP contribution in [0.15, 0.2) is 77.7 Å². The molecule has 5 nitrogen and oxygen atoms in total. The second-order valence-electron chi connectivity index (χ2n) is 7.84. The Labute approximate surface area is 191 Å². The summed E-state index contributed by atoms with van der Waals surface area (Å²) in [4.78, 5) is 28.9. The van der Waals surface area contributed by atoms with Gasteiger partial charge in [-0.05, 0) is 45.4 Å². The Morgan fingerprint density at radius 3 is 1.84 bits per heavy atom. The number of rotatable bonds is 3. The Morgan fingerprint density at radius 2 is 1.25 bits per heavy atom. The number of hydrogen-bond donors (Lipinski definition) is 0. The van der Waals surface area contributed by atoms with E-state index in [2.05, 4.69) is 0 Å². The van der Waals surface area contributed by atoms with Gasteiger partial charge in [-0.1, -0.05) is 60.7 Å². The standard InChI is InChI=1S/C26H24N2O3S/c1-27(2)25(29)31-21-15-13-17-9-5-7-11-19(17)23(21)24-20-12-8-6-10-18(20)14-16-22(24)32-26(30)28(3)4/h5-16H,1-4H3. The molecule has 0 atom stereocenters. The van der Waals surface area contributed by atoms with Crippen LogP contribution in [0.4, 0.5) is 9.59 Å². The van der Waals surface area contributed by atoms with E-state index < -0.39 is 6.09 Å². The molecule has 0 fully saturated rings. The molecule has 2 amide bonds. The molecule has 0 heterocycles. The summed E-state index contributed by atoms with van der Waals surface area (Å²) < 4.78 is 5.81. The molecular weight excluding hydrogens is 420 g/mol. The first-order chi connectivity index (χ1) is 15.4. The minimum atomic E-state index is -0.458. The van der Waals surface area contributed by atoms with Crippen molar-refractivity contribution in [2.24, 2.45) is 0 Å². The molecule has 162 valence electrons. The van der Waals surface area contributed by atoms with E-state index in [4.69, 9.17) is 4.74 Å². The Morgan fingerprint density at radius 1 is 0.688 bits per heavy atom. The highest BCUT2D eigenvalue weighted by Gasteiger charge is 2.22. The topological polar surface area (TPSA) is 49.9 Å². The van der Waals surface area contributed by atoms with Gasteiger partial charge >= 0.3 is 6.09 Å². The summed E-state index contributed by atoms with van der Waals surface area (Å²) >= 11 is 1.17. The highest BCUT2D eigenvalue weighted by atomic mass is 32.2. The summed E-state index contributed by atoms with van der Waals surface area (Å²) in [6.07, 6.45) is -0.458. The molecule has 4 aromatic rings. The maximum atomic E-state index is 12.6. The normalized spacial score (nSPS) is 10.9. The molecule has 4 rings (SSSR count). The van der Waals surface area contributed by atoms with Crippen LogP contribution >= 0.6 is 11.8 Å². The maximum Gasteiger partial charge on any atom is 0.414 e. The number of amides is 2. The van der Waals surface area contributed by atoms with E-state index in [-0.39, 0.29) is 5.24 Å². The summed E-state index contributed by atoms with van der Waals surface area (Å²) in [6.45, 7) is 0. The van der Waals surface area contributed by atoms with Gasteiger partial charge in [-0.2, -0.15) is 0 Å². The molecule has 0 aromatic heterocycles. The SMILES string of the molecule is CN(C)C(=O)Oc1ccc2ccccc2c1-c1c(SC(=O)N(C)C)ccc2ccccc12. The average Bonchev–Trinajstić information content (AvgIpc) is 2.79. The third kappa shape index (κ3) is 4.14. The predicted molar refractivity (Wildman–Crippen MR) is 132 cm³/mol. The van der Waals surface area contributed by atoms with Gasteiger partial charge in [-0.3, -0.25) is 4.79 Å². The van der Waals surface area contributed by atoms with Crippen LogP contribution in [0, 0.1) is 0 Å². The van der Waals surface area contributed by atoms with E-state index in [1.807, 2.05) is 72.8 Å². The van der Waals surface area contributed by atoms with Crippen LogP contribution in [0.1, 0.15) is 0 Å². The summed E-state index contributed by atoms with van der Waals surface area (Å²) in [6, 6.07) is 23.8. The fourth-order valence-corrected chi connectivity index (χ4v) is 4.38. The van der Waals surface area contributed by atoms with Gasteiger partial charge in [0.25, 0.3) is 5.24 Å². The number of thioether (sulfide) groups is 1. The van der Waals surface area contributed by atoms with Crippen LogP contribution in [0.25, 0.3) is 32.7 Å². The molecule has 0 aliphatic carbocycles. The summed E-state index contributed by atoms with van der Waals surface area (Å²) in [5.74, 6) is 0.456. The summed E-state index contributed by atoms with van der Waals surface area (Å²) in [7, 11) is 6.77. The van der Waals surface area contributed by atoms with Crippen LogP contribution in [0.2, 0.25) is 0 Å². The first-order valence-electron chi connectivity index (χ1n) is 10.2. The number of fused-ring (bicyclic) bond motifs is 2.